The first-order valence-electron chi connectivity index (χ1n) is 7.35. The van der Waals surface area contributed by atoms with E-state index in [4.69, 9.17) is 0 Å². The van der Waals surface area contributed by atoms with Gasteiger partial charge in [-0.05, 0) is 23.6 Å². The maximum atomic E-state index is 12.1. The van der Waals surface area contributed by atoms with Crippen molar-refractivity contribution in [2.75, 3.05) is 10.6 Å². The van der Waals surface area contributed by atoms with Crippen LogP contribution in [0.1, 0.15) is 25.3 Å². The van der Waals surface area contributed by atoms with Crippen LogP contribution in [-0.4, -0.2) is 16.7 Å². The lowest BCUT2D eigenvalue weighted by molar-refractivity contribution is -0.383. The highest BCUT2D eigenvalue weighted by atomic mass is 16.6. The highest BCUT2D eigenvalue weighted by Gasteiger charge is 2.20. The highest BCUT2D eigenvalue weighted by molar-refractivity contribution is 6.43. The third kappa shape index (κ3) is 3.95. The van der Waals surface area contributed by atoms with Gasteiger partial charge < -0.3 is 10.6 Å². The fourth-order valence-corrected chi connectivity index (χ4v) is 2.21. The predicted octanol–water partition coefficient (Wildman–Crippen LogP) is 3.30. The van der Waals surface area contributed by atoms with Crippen molar-refractivity contribution >= 4 is 28.9 Å². The van der Waals surface area contributed by atoms with Gasteiger partial charge in [0.25, 0.3) is 5.69 Å². The van der Waals surface area contributed by atoms with E-state index in [0.717, 1.165) is 5.56 Å². The Morgan fingerprint density at radius 2 is 1.42 bits per heavy atom. The van der Waals surface area contributed by atoms with Crippen LogP contribution in [0.5, 0.6) is 0 Å². The van der Waals surface area contributed by atoms with Crippen molar-refractivity contribution < 1.29 is 14.5 Å². The first-order valence-corrected chi connectivity index (χ1v) is 7.35. The first-order chi connectivity index (χ1) is 11.4. The first kappa shape index (κ1) is 17.1. The number of nitrogens with zero attached hydrogens (tertiary/aromatic N) is 1. The van der Waals surface area contributed by atoms with Gasteiger partial charge >= 0.3 is 11.8 Å². The number of hydrogen-bond donors (Lipinski definition) is 2. The van der Waals surface area contributed by atoms with Gasteiger partial charge in [0.2, 0.25) is 0 Å². The van der Waals surface area contributed by atoms with Crippen LogP contribution in [0.3, 0.4) is 0 Å². The molecule has 0 bridgehead atoms. The van der Waals surface area contributed by atoms with Gasteiger partial charge in [-0.1, -0.05) is 44.2 Å². The molecule has 0 aliphatic heterocycles. The van der Waals surface area contributed by atoms with Crippen LogP contribution in [-0.2, 0) is 9.59 Å². The second-order valence-electron chi connectivity index (χ2n) is 5.42. The molecular formula is C17H17N3O4. The van der Waals surface area contributed by atoms with Gasteiger partial charge in [-0.25, -0.2) is 0 Å². The molecule has 0 saturated carbocycles. The van der Waals surface area contributed by atoms with Gasteiger partial charge in [-0.3, -0.25) is 19.7 Å². The summed E-state index contributed by atoms with van der Waals surface area (Å²) in [6.45, 7) is 3.94. The Morgan fingerprint density at radius 3 is 2.00 bits per heavy atom. The zero-order valence-corrected chi connectivity index (χ0v) is 13.3. The topological polar surface area (TPSA) is 101 Å². The normalized spacial score (nSPS) is 10.3. The Hall–Kier alpha value is -3.22. The monoisotopic (exact) mass is 327 g/mol. The van der Waals surface area contributed by atoms with E-state index in [9.17, 15) is 19.7 Å². The zero-order valence-electron chi connectivity index (χ0n) is 13.3. The number of nitrogens with one attached hydrogen (secondary N) is 2. The molecule has 2 aromatic rings. The van der Waals surface area contributed by atoms with E-state index >= 15 is 0 Å². The fourth-order valence-electron chi connectivity index (χ4n) is 2.21. The van der Waals surface area contributed by atoms with Crippen molar-refractivity contribution in [2.24, 2.45) is 0 Å². The largest absolute Gasteiger partial charge is 0.318 e. The second-order valence-corrected chi connectivity index (χ2v) is 5.42. The molecular weight excluding hydrogens is 310 g/mol. The number of carbonyl (C=O) groups excluding carboxylic acids is 2. The number of hydrogen-bond acceptors (Lipinski definition) is 4. The number of carbonyl (C=O) groups is 2. The highest BCUT2D eigenvalue weighted by Crippen LogP contribution is 2.25. The lowest BCUT2D eigenvalue weighted by atomic mass is 10.0. The second kappa shape index (κ2) is 7.36. The predicted molar refractivity (Wildman–Crippen MR) is 90.9 cm³/mol. The average molecular weight is 327 g/mol. The smallest absolute Gasteiger partial charge is 0.314 e. The molecule has 2 aromatic carbocycles. The molecule has 2 rings (SSSR count). The molecule has 0 atom stereocenters. The molecule has 2 amide bonds. The minimum Gasteiger partial charge on any atom is -0.318 e. The van der Waals surface area contributed by atoms with Gasteiger partial charge in [0.15, 0.2) is 0 Å². The van der Waals surface area contributed by atoms with Crippen LogP contribution in [0, 0.1) is 10.1 Å². The van der Waals surface area contributed by atoms with Crippen molar-refractivity contribution in [1.29, 1.82) is 0 Å². The van der Waals surface area contributed by atoms with E-state index in [1.807, 2.05) is 26.0 Å². The zero-order chi connectivity index (χ0) is 17.7. The minimum absolute atomic E-state index is 0.0280. The molecule has 0 fully saturated rings. The minimum atomic E-state index is -0.970. The van der Waals surface area contributed by atoms with Crippen molar-refractivity contribution in [3.05, 3.63) is 64.2 Å². The maximum Gasteiger partial charge on any atom is 0.314 e. The molecule has 0 heterocycles. The Morgan fingerprint density at radius 1 is 0.917 bits per heavy atom. The lowest BCUT2D eigenvalue weighted by Crippen LogP contribution is -2.29. The number of rotatable bonds is 4. The van der Waals surface area contributed by atoms with E-state index in [1.54, 1.807) is 12.1 Å². The fraction of sp³-hybridized carbons (Fsp3) is 0.176. The molecule has 7 nitrogen and oxygen atoms in total. The molecule has 7 heteroatoms. The third-order valence-electron chi connectivity index (χ3n) is 3.39. The average Bonchev–Trinajstić information content (AvgIpc) is 2.55. The Bertz CT molecular complexity index is 787. The summed E-state index contributed by atoms with van der Waals surface area (Å²) >= 11 is 0. The molecule has 0 aromatic heterocycles. The molecule has 0 radical (unpaired) electrons. The summed E-state index contributed by atoms with van der Waals surface area (Å²) < 4.78 is 0. The molecule has 124 valence electrons. The summed E-state index contributed by atoms with van der Waals surface area (Å²) in [5.74, 6) is -1.69. The summed E-state index contributed by atoms with van der Waals surface area (Å²) in [5.41, 5.74) is 1.13. The van der Waals surface area contributed by atoms with Crippen LogP contribution in [0.4, 0.5) is 17.1 Å². The van der Waals surface area contributed by atoms with E-state index in [1.165, 1.54) is 24.3 Å². The number of benzene rings is 2. The molecule has 0 aliphatic rings. The van der Waals surface area contributed by atoms with Crippen LogP contribution in [0.15, 0.2) is 48.5 Å². The van der Waals surface area contributed by atoms with E-state index in [0.29, 0.717) is 5.69 Å². The molecule has 0 spiro atoms. The van der Waals surface area contributed by atoms with Crippen LogP contribution >= 0.6 is 0 Å². The van der Waals surface area contributed by atoms with Crippen LogP contribution < -0.4 is 10.6 Å². The summed E-state index contributed by atoms with van der Waals surface area (Å²) in [6.07, 6.45) is 0. The molecule has 0 aliphatic carbocycles. The Kier molecular flexibility index (Phi) is 5.26. The van der Waals surface area contributed by atoms with Crippen molar-refractivity contribution in [2.45, 2.75) is 19.8 Å². The Balaban J connectivity index is 2.15. The van der Waals surface area contributed by atoms with Crippen molar-refractivity contribution in [3.63, 3.8) is 0 Å². The summed E-state index contributed by atoms with van der Waals surface area (Å²) in [6, 6.07) is 12.8. The van der Waals surface area contributed by atoms with Gasteiger partial charge in [-0.15, -0.1) is 0 Å². The number of anilines is 2. The van der Waals surface area contributed by atoms with E-state index < -0.39 is 16.7 Å². The van der Waals surface area contributed by atoms with Crippen LogP contribution in [0.2, 0.25) is 0 Å². The summed E-state index contributed by atoms with van der Waals surface area (Å²) in [4.78, 5) is 34.4. The Labute approximate surface area is 138 Å². The van der Waals surface area contributed by atoms with Gasteiger partial charge in [-0.2, -0.15) is 0 Å². The van der Waals surface area contributed by atoms with E-state index in [-0.39, 0.29) is 17.3 Å². The standard InChI is InChI=1S/C17H17N3O4/c1-11(2)12-7-3-4-8-13(12)18-16(21)17(22)19-14-9-5-6-10-15(14)20(23)24/h3-11H,1-2H3,(H,18,21)(H,19,22). The van der Waals surface area contributed by atoms with Gasteiger partial charge in [0, 0.05) is 11.8 Å². The van der Waals surface area contributed by atoms with Crippen molar-refractivity contribution in [1.82, 2.24) is 0 Å². The molecule has 24 heavy (non-hydrogen) atoms. The molecule has 0 unspecified atom stereocenters. The van der Waals surface area contributed by atoms with Crippen LogP contribution in [0.25, 0.3) is 0 Å². The number of amides is 2. The molecule has 2 N–H and O–H groups in total. The number of nitro groups is 1. The van der Waals surface area contributed by atoms with E-state index in [2.05, 4.69) is 10.6 Å². The van der Waals surface area contributed by atoms with Crippen molar-refractivity contribution in [3.8, 4) is 0 Å². The number of nitro benzene ring substituents is 1. The maximum absolute atomic E-state index is 12.1. The quantitative estimate of drug-likeness (QED) is 0.511. The van der Waals surface area contributed by atoms with Gasteiger partial charge in [0.1, 0.15) is 5.69 Å². The lowest BCUT2D eigenvalue weighted by Gasteiger charge is -2.13. The number of para-hydroxylation sites is 3. The summed E-state index contributed by atoms with van der Waals surface area (Å²) in [5, 5.41) is 15.7. The third-order valence-corrected chi connectivity index (χ3v) is 3.39. The SMILES string of the molecule is CC(C)c1ccccc1NC(=O)C(=O)Nc1ccccc1[N+](=O)[O-]. The van der Waals surface area contributed by atoms with Gasteiger partial charge in [0.05, 0.1) is 4.92 Å². The molecule has 0 saturated heterocycles. The summed E-state index contributed by atoms with van der Waals surface area (Å²) in [7, 11) is 0.